The van der Waals surface area contributed by atoms with Gasteiger partial charge in [-0.05, 0) is 73.8 Å². The van der Waals surface area contributed by atoms with Crippen LogP contribution in [0.1, 0.15) is 48.9 Å². The monoisotopic (exact) mass is 948 g/mol. The van der Waals surface area contributed by atoms with Gasteiger partial charge >= 0.3 is 12.0 Å². The van der Waals surface area contributed by atoms with E-state index >= 15 is 8.78 Å². The third-order valence-electron chi connectivity index (χ3n) is 12.9. The summed E-state index contributed by atoms with van der Waals surface area (Å²) in [5.41, 5.74) is 3.02. The number of para-hydroxylation sites is 1. The lowest BCUT2D eigenvalue weighted by atomic mass is 9.95. The molecule has 14 nitrogen and oxygen atoms in total. The highest BCUT2D eigenvalue weighted by Gasteiger charge is 2.49. The predicted octanol–water partition coefficient (Wildman–Crippen LogP) is 8.56. The minimum atomic E-state index is -1.28. The number of nitrogens with one attached hydrogen (secondary N) is 2. The quantitative estimate of drug-likeness (QED) is 0.0962. The topological polar surface area (TPSA) is 146 Å². The van der Waals surface area contributed by atoms with Gasteiger partial charge in [0.05, 0.1) is 57.8 Å². The molecule has 3 atom stereocenters. The van der Waals surface area contributed by atoms with Gasteiger partial charge in [0.2, 0.25) is 0 Å². The summed E-state index contributed by atoms with van der Waals surface area (Å²) in [4.78, 5) is 32.2. The van der Waals surface area contributed by atoms with Crippen LogP contribution in [-0.2, 0) is 17.8 Å². The fraction of sp³-hybridized carbons (Fsp3) is 0.306. The first-order valence-electron chi connectivity index (χ1n) is 21.9. The number of hydrogen-bond acceptors (Lipinski definition) is 13. The Kier molecular flexibility index (Phi) is 12.0. The average Bonchev–Trinajstić information content (AvgIpc) is 3.98. The molecule has 2 aromatic heterocycles. The molecule has 2 saturated heterocycles. The van der Waals surface area contributed by atoms with Crippen molar-refractivity contribution in [3.63, 3.8) is 0 Å². The molecule has 6 aromatic rings. The highest BCUT2D eigenvalue weighted by Crippen LogP contribution is 2.43. The van der Waals surface area contributed by atoms with E-state index in [2.05, 4.69) is 25.4 Å². The predicted molar refractivity (Wildman–Crippen MR) is 252 cm³/mol. The van der Waals surface area contributed by atoms with Crippen molar-refractivity contribution in [3.05, 3.63) is 135 Å². The number of nitrogens with zero attached hydrogens (tertiary/aromatic N) is 6. The normalized spacial score (nSPS) is 19.0. The van der Waals surface area contributed by atoms with Crippen molar-refractivity contribution in [3.8, 4) is 28.4 Å². The maximum atomic E-state index is 17.8. The fourth-order valence-electron chi connectivity index (χ4n) is 9.74. The molecule has 3 N–H and O–H groups in total. The van der Waals surface area contributed by atoms with Crippen LogP contribution < -0.4 is 40.3 Å². The maximum Gasteiger partial charge on any atom is 0.410 e. The summed E-state index contributed by atoms with van der Waals surface area (Å²) in [6.07, 6.45) is 3.19. The van der Waals surface area contributed by atoms with E-state index in [-0.39, 0.29) is 51.3 Å². The number of amides is 1. The molecular weight excluding hydrogens is 902 g/mol. The fourth-order valence-corrected chi connectivity index (χ4v) is 11.0. The zero-order valence-electron chi connectivity index (χ0n) is 36.9. The van der Waals surface area contributed by atoms with E-state index in [1.807, 2.05) is 72.5 Å². The number of halogens is 3. The van der Waals surface area contributed by atoms with Crippen molar-refractivity contribution in [1.82, 2.24) is 25.1 Å². The molecule has 4 aromatic carbocycles. The van der Waals surface area contributed by atoms with E-state index in [1.165, 1.54) is 0 Å². The second-order valence-electron chi connectivity index (χ2n) is 17.0. The number of rotatable bonds is 14. The van der Waals surface area contributed by atoms with Crippen LogP contribution in [-0.4, -0.2) is 83.3 Å². The number of pyridine rings is 1. The van der Waals surface area contributed by atoms with Crippen LogP contribution in [0.15, 0.2) is 102 Å². The van der Waals surface area contributed by atoms with Crippen molar-refractivity contribution in [2.45, 2.75) is 57.0 Å². The van der Waals surface area contributed by atoms with E-state index in [0.717, 1.165) is 58.9 Å². The van der Waals surface area contributed by atoms with Gasteiger partial charge in [0.25, 0.3) is 0 Å². The van der Waals surface area contributed by atoms with Crippen LogP contribution in [0.2, 0.25) is 5.02 Å². The van der Waals surface area contributed by atoms with Crippen molar-refractivity contribution in [2.24, 2.45) is 4.99 Å². The number of carboxylic acid groups (broad SMARTS) is 1. The Morgan fingerprint density at radius 1 is 1.07 bits per heavy atom. The summed E-state index contributed by atoms with van der Waals surface area (Å²) in [5, 5.41) is 15.9. The highest BCUT2D eigenvalue weighted by atomic mass is 35.5. The Morgan fingerprint density at radius 2 is 1.81 bits per heavy atom. The zero-order valence-corrected chi connectivity index (χ0v) is 38.5. The molecule has 1 amide bonds. The van der Waals surface area contributed by atoms with E-state index in [1.54, 1.807) is 44.8 Å². The number of carbonyl (C=O) groups is 1. The molecule has 0 spiro atoms. The molecular formula is C49H47ClF2N8O6S. The average molecular weight is 949 g/mol. The Hall–Kier alpha value is -6.69. The Labute approximate surface area is 393 Å². The van der Waals surface area contributed by atoms with Gasteiger partial charge in [-0.3, -0.25) is 15.2 Å². The first-order chi connectivity index (χ1) is 32.5. The number of benzene rings is 4. The van der Waals surface area contributed by atoms with Crippen molar-refractivity contribution < 1.29 is 37.6 Å². The van der Waals surface area contributed by atoms with Gasteiger partial charge in [-0.15, -0.1) is 0 Å². The molecule has 0 radical (unpaired) electrons. The lowest BCUT2D eigenvalue weighted by Crippen LogP contribution is -2.45. The van der Waals surface area contributed by atoms with Crippen LogP contribution in [0, 0.1) is 5.82 Å². The largest absolute Gasteiger partial charge is 0.497 e. The van der Waals surface area contributed by atoms with E-state index < -0.39 is 29.7 Å². The summed E-state index contributed by atoms with van der Waals surface area (Å²) in [6, 6.07) is 24.4. The van der Waals surface area contributed by atoms with Gasteiger partial charge < -0.3 is 39.2 Å². The van der Waals surface area contributed by atoms with Gasteiger partial charge in [-0.2, -0.15) is 0 Å². The van der Waals surface area contributed by atoms with Gasteiger partial charge in [0.1, 0.15) is 42.6 Å². The van der Waals surface area contributed by atoms with E-state index in [4.69, 9.17) is 40.5 Å². The summed E-state index contributed by atoms with van der Waals surface area (Å²) in [7, 11) is 3.28. The second-order valence-corrected chi connectivity index (χ2v) is 18.4. The number of alkyl halides is 1. The first kappa shape index (κ1) is 44.2. The van der Waals surface area contributed by atoms with E-state index in [0.29, 0.717) is 53.5 Å². The molecule has 0 aliphatic carbocycles. The highest BCUT2D eigenvalue weighted by molar-refractivity contribution is 7.22. The minimum absolute atomic E-state index is 0.00738. The molecule has 67 heavy (non-hydrogen) atoms. The van der Waals surface area contributed by atoms with Crippen LogP contribution in [0.5, 0.6) is 17.2 Å². The smallest absolute Gasteiger partial charge is 0.410 e. The standard InChI is InChI=1S/C49H47ClF2N8O6S/c1-28(34-8-5-19-53-45(34)58(22-29-10-14-32(63-2)15-11-29)23-30-12-16-33(64-3)17-13-30)60-25-37(65-26-49-18-6-20-59(49)24-31(51)21-49)66-44-39-43(54-27-55-46(39)60)40(50)38(41(44)52)35-7-4-9-36-42(35)56-47(67-36)57-48(61)62/h4-5,7-17,19,25,28,31,55H,6,18,20-24,26-27H2,1-3H3,(H,56,57)(H,61,62)/t28?,31-,49+/m1/s1. The summed E-state index contributed by atoms with van der Waals surface area (Å²) in [6.45, 7) is 4.32. The first-order valence-corrected chi connectivity index (χ1v) is 23.1. The maximum absolute atomic E-state index is 17.8. The molecule has 346 valence electrons. The van der Waals surface area contributed by atoms with Crippen molar-refractivity contribution in [1.29, 1.82) is 0 Å². The van der Waals surface area contributed by atoms with Gasteiger partial charge in [0.15, 0.2) is 16.7 Å². The van der Waals surface area contributed by atoms with Crippen LogP contribution >= 0.6 is 22.9 Å². The Balaban J connectivity index is 1.12. The summed E-state index contributed by atoms with van der Waals surface area (Å²) in [5.74, 6) is 1.69. The number of ether oxygens (including phenoxy) is 4. The van der Waals surface area contributed by atoms with Crippen LogP contribution in [0.25, 0.3) is 27.2 Å². The molecule has 10 rings (SSSR count). The molecule has 2 fully saturated rings. The molecule has 4 aliphatic heterocycles. The Morgan fingerprint density at radius 3 is 2.51 bits per heavy atom. The van der Waals surface area contributed by atoms with Gasteiger partial charge in [0, 0.05) is 48.9 Å². The molecule has 1 unspecified atom stereocenters. The molecule has 4 aliphatic rings. The van der Waals surface area contributed by atoms with Crippen molar-refractivity contribution in [2.75, 3.05) is 50.8 Å². The SMILES string of the molecule is COc1ccc(CN(Cc2ccc(OC)cc2)c2ncccc2C(C)N2C=C(OC[C@@]34CCCN3C[C@H](F)C4)Oc3c(F)c(-c4cccc5sc(NC(=O)O)nc45)c(Cl)c4c3=C2NCN=4)cc1. The number of fused-ring (bicyclic) bond motifs is 2. The number of thiazole rings is 1. The third kappa shape index (κ3) is 8.40. The summed E-state index contributed by atoms with van der Waals surface area (Å²) < 4.78 is 57.7. The van der Waals surface area contributed by atoms with E-state index in [9.17, 15) is 9.90 Å². The van der Waals surface area contributed by atoms with Crippen LogP contribution in [0.3, 0.4) is 0 Å². The molecule has 0 bridgehead atoms. The van der Waals surface area contributed by atoms with Gasteiger partial charge in [-0.1, -0.05) is 65.4 Å². The number of aromatic nitrogens is 2. The lowest BCUT2D eigenvalue weighted by molar-refractivity contribution is 0.0252. The lowest BCUT2D eigenvalue weighted by Gasteiger charge is -2.34. The van der Waals surface area contributed by atoms with Crippen LogP contribution in [0.4, 0.5) is 24.5 Å². The molecule has 0 saturated carbocycles. The Bertz CT molecular complexity index is 2980. The van der Waals surface area contributed by atoms with Gasteiger partial charge in [-0.25, -0.2) is 23.5 Å². The number of methoxy groups -OCH3 is 2. The number of hydrogen-bond donors (Lipinski definition) is 3. The number of anilines is 2. The third-order valence-corrected chi connectivity index (χ3v) is 14.2. The summed E-state index contributed by atoms with van der Waals surface area (Å²) >= 11 is 8.40. The van der Waals surface area contributed by atoms with Crippen molar-refractivity contribution >= 4 is 56.0 Å². The molecule has 6 heterocycles. The molecule has 18 heteroatoms. The zero-order chi connectivity index (χ0) is 46.4. The minimum Gasteiger partial charge on any atom is -0.497 e. The second kappa shape index (κ2) is 18.2.